The molecule has 0 spiro atoms. The third-order valence-corrected chi connectivity index (χ3v) is 5.58. The van der Waals surface area contributed by atoms with Gasteiger partial charge in [-0.15, -0.1) is 0 Å². The average Bonchev–Trinajstić information content (AvgIpc) is 3.14. The molecule has 0 unspecified atom stereocenters. The molecular weight excluding hydrogens is 326 g/mol. The zero-order valence-corrected chi connectivity index (χ0v) is 16.6. The van der Waals surface area contributed by atoms with Crippen LogP contribution in [-0.2, 0) is 6.54 Å². The molecule has 3 rings (SSSR count). The number of nitrogens with one attached hydrogen (secondary N) is 1. The first-order valence-electron chi connectivity index (χ1n) is 9.63. The van der Waals surface area contributed by atoms with Gasteiger partial charge in [0.2, 0.25) is 0 Å². The van der Waals surface area contributed by atoms with Crippen LogP contribution in [0.4, 0.5) is 0 Å². The Kier molecular flexibility index (Phi) is 5.26. The molecule has 1 fully saturated rings. The second kappa shape index (κ2) is 7.29. The van der Waals surface area contributed by atoms with Crippen LogP contribution < -0.4 is 5.32 Å². The highest BCUT2D eigenvalue weighted by Crippen LogP contribution is 2.37. The van der Waals surface area contributed by atoms with Gasteiger partial charge in [0, 0.05) is 11.7 Å². The smallest absolute Gasteiger partial charge is 0.287 e. The van der Waals surface area contributed by atoms with Gasteiger partial charge in [0.1, 0.15) is 5.76 Å². The lowest BCUT2D eigenvalue weighted by Gasteiger charge is -2.37. The predicted molar refractivity (Wildman–Crippen MR) is 102 cm³/mol. The molecule has 5 heteroatoms. The van der Waals surface area contributed by atoms with Crippen LogP contribution >= 0.6 is 0 Å². The summed E-state index contributed by atoms with van der Waals surface area (Å²) in [4.78, 5) is 12.5. The van der Waals surface area contributed by atoms with Crippen molar-refractivity contribution in [2.24, 2.45) is 11.3 Å². The second-order valence-electron chi connectivity index (χ2n) is 8.74. The molecule has 2 heterocycles. The van der Waals surface area contributed by atoms with Crippen LogP contribution in [0.5, 0.6) is 0 Å². The van der Waals surface area contributed by atoms with E-state index in [9.17, 15) is 4.79 Å². The van der Waals surface area contributed by atoms with Gasteiger partial charge in [-0.1, -0.05) is 20.8 Å². The maximum absolute atomic E-state index is 12.5. The molecule has 1 saturated carbocycles. The van der Waals surface area contributed by atoms with E-state index >= 15 is 0 Å². The minimum atomic E-state index is -0.108. The number of nitrogens with zero attached hydrogens (tertiary/aromatic N) is 2. The molecule has 2 aromatic rings. The zero-order chi connectivity index (χ0) is 18.9. The summed E-state index contributed by atoms with van der Waals surface area (Å²) >= 11 is 0. The summed E-state index contributed by atoms with van der Waals surface area (Å²) in [7, 11) is 0. The van der Waals surface area contributed by atoms with E-state index in [-0.39, 0.29) is 11.9 Å². The first-order chi connectivity index (χ1) is 12.2. The summed E-state index contributed by atoms with van der Waals surface area (Å²) in [5.74, 6) is 1.77. The first kappa shape index (κ1) is 18.7. The fourth-order valence-electron chi connectivity index (χ4n) is 3.93. The Morgan fingerprint density at radius 3 is 2.50 bits per heavy atom. The number of hydrogen-bond acceptors (Lipinski definition) is 3. The quantitative estimate of drug-likeness (QED) is 0.878. The van der Waals surface area contributed by atoms with E-state index in [0.717, 1.165) is 35.9 Å². The first-order valence-corrected chi connectivity index (χ1v) is 9.63. The summed E-state index contributed by atoms with van der Waals surface area (Å²) in [5, 5.41) is 7.58. The monoisotopic (exact) mass is 357 g/mol. The van der Waals surface area contributed by atoms with E-state index < -0.39 is 0 Å². The van der Waals surface area contributed by atoms with Gasteiger partial charge < -0.3 is 9.73 Å². The Hall–Kier alpha value is -2.04. The van der Waals surface area contributed by atoms with E-state index in [2.05, 4.69) is 31.2 Å². The molecule has 0 saturated heterocycles. The van der Waals surface area contributed by atoms with E-state index in [0.29, 0.717) is 17.7 Å². The maximum Gasteiger partial charge on any atom is 0.287 e. The van der Waals surface area contributed by atoms with Gasteiger partial charge in [0.25, 0.3) is 5.91 Å². The van der Waals surface area contributed by atoms with E-state index in [4.69, 9.17) is 4.42 Å². The molecule has 1 aliphatic rings. The average molecular weight is 357 g/mol. The van der Waals surface area contributed by atoms with Crippen molar-refractivity contribution in [3.05, 3.63) is 41.1 Å². The van der Waals surface area contributed by atoms with Crippen LogP contribution in [0.3, 0.4) is 0 Å². The van der Waals surface area contributed by atoms with Crippen molar-refractivity contribution in [1.82, 2.24) is 15.1 Å². The van der Waals surface area contributed by atoms with Gasteiger partial charge >= 0.3 is 0 Å². The van der Waals surface area contributed by atoms with Crippen LogP contribution in [0.2, 0.25) is 0 Å². The Bertz CT molecular complexity index is 759. The third kappa shape index (κ3) is 4.37. The Balaban J connectivity index is 1.55. The molecule has 26 heavy (non-hydrogen) atoms. The minimum Gasteiger partial charge on any atom is -0.454 e. The van der Waals surface area contributed by atoms with Crippen molar-refractivity contribution in [3.8, 4) is 0 Å². The number of furan rings is 1. The normalized spacial score (nSPS) is 21.0. The lowest BCUT2D eigenvalue weighted by atomic mass is 9.71. The molecule has 1 aliphatic carbocycles. The highest BCUT2D eigenvalue weighted by Gasteiger charge is 2.30. The summed E-state index contributed by atoms with van der Waals surface area (Å²) < 4.78 is 7.65. The van der Waals surface area contributed by atoms with Crippen LogP contribution in [-0.4, -0.2) is 21.7 Å². The van der Waals surface area contributed by atoms with Crippen LogP contribution in [0, 0.1) is 25.2 Å². The van der Waals surface area contributed by atoms with E-state index in [1.54, 1.807) is 6.07 Å². The number of carbonyl (C=O) groups is 1. The van der Waals surface area contributed by atoms with Gasteiger partial charge in [-0.05, 0) is 69.1 Å². The lowest BCUT2D eigenvalue weighted by Crippen LogP contribution is -2.39. The molecule has 0 bridgehead atoms. The SMILES string of the molecule is Cc1cc(C)n(Cc2ccc(C(=O)NC3CCC(C(C)(C)C)CC3)o2)n1. The van der Waals surface area contributed by atoms with E-state index in [1.165, 1.54) is 12.8 Å². The van der Waals surface area contributed by atoms with Crippen LogP contribution in [0.1, 0.15) is 74.2 Å². The topological polar surface area (TPSA) is 60.1 Å². The number of rotatable bonds is 4. The summed E-state index contributed by atoms with van der Waals surface area (Å²) in [6, 6.07) is 5.91. The van der Waals surface area contributed by atoms with Crippen molar-refractivity contribution in [2.75, 3.05) is 0 Å². The van der Waals surface area contributed by atoms with Crippen molar-refractivity contribution < 1.29 is 9.21 Å². The van der Waals surface area contributed by atoms with Crippen molar-refractivity contribution in [2.45, 2.75) is 72.9 Å². The van der Waals surface area contributed by atoms with Crippen molar-refractivity contribution in [3.63, 3.8) is 0 Å². The fraction of sp³-hybridized carbons (Fsp3) is 0.619. The second-order valence-corrected chi connectivity index (χ2v) is 8.74. The number of aryl methyl sites for hydroxylation is 2. The fourth-order valence-corrected chi connectivity index (χ4v) is 3.93. The van der Waals surface area contributed by atoms with Gasteiger partial charge in [-0.2, -0.15) is 5.10 Å². The molecule has 0 atom stereocenters. The summed E-state index contributed by atoms with van der Waals surface area (Å²) in [6.07, 6.45) is 4.45. The lowest BCUT2D eigenvalue weighted by molar-refractivity contribution is 0.0874. The maximum atomic E-state index is 12.5. The van der Waals surface area contributed by atoms with Gasteiger partial charge in [-0.25, -0.2) is 0 Å². The summed E-state index contributed by atoms with van der Waals surface area (Å²) in [5.41, 5.74) is 2.42. The molecule has 1 amide bonds. The minimum absolute atomic E-state index is 0.108. The molecule has 1 N–H and O–H groups in total. The molecular formula is C21H31N3O2. The number of hydrogen-bond donors (Lipinski definition) is 1. The molecule has 142 valence electrons. The molecule has 5 nitrogen and oxygen atoms in total. The van der Waals surface area contributed by atoms with Crippen LogP contribution in [0.25, 0.3) is 0 Å². The zero-order valence-electron chi connectivity index (χ0n) is 16.6. The van der Waals surface area contributed by atoms with Gasteiger partial charge in [0.05, 0.1) is 12.2 Å². The molecule has 0 aliphatic heterocycles. The Labute approximate surface area is 156 Å². The standard InChI is InChI=1S/C21H31N3O2/c1-14-12-15(2)24(23-14)13-18-10-11-19(26-18)20(25)22-17-8-6-16(7-9-17)21(3,4)5/h10-12,16-17H,6-9,13H2,1-5H3,(H,22,25). The van der Waals surface area contributed by atoms with Crippen LogP contribution in [0.15, 0.2) is 22.6 Å². The molecule has 0 radical (unpaired) electrons. The van der Waals surface area contributed by atoms with Gasteiger partial charge in [-0.3, -0.25) is 9.48 Å². The van der Waals surface area contributed by atoms with Gasteiger partial charge in [0.15, 0.2) is 5.76 Å². The third-order valence-electron chi connectivity index (χ3n) is 5.58. The molecule has 2 aromatic heterocycles. The number of carbonyl (C=O) groups excluding carboxylic acids is 1. The highest BCUT2D eigenvalue weighted by atomic mass is 16.4. The predicted octanol–water partition coefficient (Wildman–Crippen LogP) is 4.48. The highest BCUT2D eigenvalue weighted by molar-refractivity contribution is 5.91. The molecule has 0 aromatic carbocycles. The van der Waals surface area contributed by atoms with Crippen molar-refractivity contribution >= 4 is 5.91 Å². The largest absolute Gasteiger partial charge is 0.454 e. The number of amides is 1. The van der Waals surface area contributed by atoms with Crippen molar-refractivity contribution in [1.29, 1.82) is 0 Å². The number of aromatic nitrogens is 2. The summed E-state index contributed by atoms with van der Waals surface area (Å²) in [6.45, 7) is 11.5. The Morgan fingerprint density at radius 1 is 1.23 bits per heavy atom. The van der Waals surface area contributed by atoms with E-state index in [1.807, 2.05) is 30.7 Å². The Morgan fingerprint density at radius 2 is 1.92 bits per heavy atom.